The number of nitrogens with two attached hydrogens (primary N) is 1. The van der Waals surface area contributed by atoms with Crippen molar-refractivity contribution in [1.29, 1.82) is 0 Å². The number of benzene rings is 1. The molecule has 3 rings (SSSR count). The van der Waals surface area contributed by atoms with Crippen molar-refractivity contribution in [1.82, 2.24) is 15.0 Å². The number of piperidine rings is 1. The van der Waals surface area contributed by atoms with E-state index in [0.717, 1.165) is 18.9 Å². The van der Waals surface area contributed by atoms with Gasteiger partial charge in [-0.3, -0.25) is 0 Å². The van der Waals surface area contributed by atoms with Gasteiger partial charge >= 0.3 is 6.09 Å². The summed E-state index contributed by atoms with van der Waals surface area (Å²) < 4.78 is 38.1. The van der Waals surface area contributed by atoms with Crippen LogP contribution in [-0.4, -0.2) is 41.3 Å². The fourth-order valence-corrected chi connectivity index (χ4v) is 2.88. The first-order valence-corrected chi connectivity index (χ1v) is 7.83. The Morgan fingerprint density at radius 3 is 2.96 bits per heavy atom. The highest BCUT2D eigenvalue weighted by Crippen LogP contribution is 2.31. The summed E-state index contributed by atoms with van der Waals surface area (Å²) in [5.41, 5.74) is 5.17. The molecule has 0 saturated carbocycles. The van der Waals surface area contributed by atoms with Crippen LogP contribution in [0.15, 0.2) is 10.6 Å². The first kappa shape index (κ1) is 17.1. The number of rotatable bonds is 2. The van der Waals surface area contributed by atoms with Crippen molar-refractivity contribution in [3.63, 3.8) is 0 Å². The molecular formula is C16H18F2N4O3. The van der Waals surface area contributed by atoms with Gasteiger partial charge in [0.2, 0.25) is 11.7 Å². The number of carbonyl (C=O) groups excluding carboxylic acids is 1. The van der Waals surface area contributed by atoms with Crippen LogP contribution in [-0.2, 0) is 4.74 Å². The molecule has 1 aliphatic rings. The molecule has 0 bridgehead atoms. The molecular weight excluding hydrogens is 334 g/mol. The summed E-state index contributed by atoms with van der Waals surface area (Å²) in [5.74, 6) is -1.43. The molecule has 9 heteroatoms. The number of hydrogen-bond acceptors (Lipinski definition) is 6. The van der Waals surface area contributed by atoms with Crippen LogP contribution in [0.4, 0.5) is 19.3 Å². The summed E-state index contributed by atoms with van der Waals surface area (Å²) in [7, 11) is 1.32. The molecule has 1 amide bonds. The number of hydrogen-bond donors (Lipinski definition) is 1. The zero-order valence-electron chi connectivity index (χ0n) is 13.9. The van der Waals surface area contributed by atoms with Crippen molar-refractivity contribution in [2.75, 3.05) is 25.9 Å². The molecule has 134 valence electrons. The largest absolute Gasteiger partial charge is 0.453 e. The number of carbonyl (C=O) groups is 1. The Balaban J connectivity index is 1.87. The molecule has 1 aromatic heterocycles. The van der Waals surface area contributed by atoms with Crippen molar-refractivity contribution in [3.8, 4) is 11.4 Å². The van der Waals surface area contributed by atoms with Crippen molar-refractivity contribution >= 4 is 11.8 Å². The highest BCUT2D eigenvalue weighted by molar-refractivity contribution is 5.67. The highest BCUT2D eigenvalue weighted by atomic mass is 19.1. The van der Waals surface area contributed by atoms with Gasteiger partial charge in [0.1, 0.15) is 5.82 Å². The van der Waals surface area contributed by atoms with Crippen molar-refractivity contribution in [2.24, 2.45) is 0 Å². The number of nitrogens with zero attached hydrogens (tertiary/aromatic N) is 3. The quantitative estimate of drug-likeness (QED) is 0.835. The standard InChI is InChI=1S/C16H18F2N4O3/c1-8-11(17)6-10(12(18)13(8)19)14-20-15(25-21-14)9-4-3-5-22(7-9)16(23)24-2/h6,9H,3-5,7,19H2,1-2H3/t9-/m0/s1. The minimum atomic E-state index is -0.786. The van der Waals surface area contributed by atoms with Crippen molar-refractivity contribution < 1.29 is 22.8 Å². The number of likely N-dealkylation sites (tertiary alicyclic amines) is 1. The monoisotopic (exact) mass is 352 g/mol. The van der Waals surface area contributed by atoms with Crippen LogP contribution in [0.3, 0.4) is 0 Å². The maximum atomic E-state index is 14.3. The lowest BCUT2D eigenvalue weighted by molar-refractivity contribution is 0.107. The molecule has 0 unspecified atom stereocenters. The van der Waals surface area contributed by atoms with Crippen LogP contribution in [0.2, 0.25) is 0 Å². The van der Waals surface area contributed by atoms with Gasteiger partial charge in [0.15, 0.2) is 5.82 Å². The zero-order valence-corrected chi connectivity index (χ0v) is 13.9. The molecule has 1 aliphatic heterocycles. The van der Waals surface area contributed by atoms with Gasteiger partial charge in [0.25, 0.3) is 0 Å². The van der Waals surface area contributed by atoms with Crippen LogP contribution in [0.25, 0.3) is 11.4 Å². The molecule has 0 radical (unpaired) electrons. The Hall–Kier alpha value is -2.71. The fourth-order valence-electron chi connectivity index (χ4n) is 2.88. The molecule has 1 saturated heterocycles. The second kappa shape index (κ2) is 6.66. The number of ether oxygens (including phenoxy) is 1. The minimum Gasteiger partial charge on any atom is -0.453 e. The summed E-state index contributed by atoms with van der Waals surface area (Å²) in [6.45, 7) is 2.34. The number of methoxy groups -OCH3 is 1. The number of nitrogen functional groups attached to an aromatic ring is 1. The van der Waals surface area contributed by atoms with Gasteiger partial charge in [-0.15, -0.1) is 0 Å². The Labute approximate surface area is 142 Å². The van der Waals surface area contributed by atoms with E-state index in [1.165, 1.54) is 14.0 Å². The van der Waals surface area contributed by atoms with E-state index in [1.807, 2.05) is 0 Å². The summed E-state index contributed by atoms with van der Waals surface area (Å²) in [6, 6.07) is 0.997. The molecule has 2 heterocycles. The number of anilines is 1. The van der Waals surface area contributed by atoms with Gasteiger partial charge in [-0.25, -0.2) is 13.6 Å². The van der Waals surface area contributed by atoms with E-state index >= 15 is 0 Å². The molecule has 2 aromatic rings. The smallest absolute Gasteiger partial charge is 0.409 e. The average Bonchev–Trinajstić information content (AvgIpc) is 3.12. The van der Waals surface area contributed by atoms with E-state index in [1.54, 1.807) is 4.90 Å². The third-order valence-electron chi connectivity index (χ3n) is 4.39. The third-order valence-corrected chi connectivity index (χ3v) is 4.39. The van der Waals surface area contributed by atoms with E-state index < -0.39 is 17.7 Å². The van der Waals surface area contributed by atoms with Crippen LogP contribution < -0.4 is 5.73 Å². The highest BCUT2D eigenvalue weighted by Gasteiger charge is 2.29. The molecule has 7 nitrogen and oxygen atoms in total. The van der Waals surface area contributed by atoms with Crippen LogP contribution in [0, 0.1) is 18.6 Å². The van der Waals surface area contributed by atoms with Crippen LogP contribution in [0.5, 0.6) is 0 Å². The van der Waals surface area contributed by atoms with Crippen molar-refractivity contribution in [2.45, 2.75) is 25.7 Å². The normalized spacial score (nSPS) is 17.6. The number of halogens is 2. The van der Waals surface area contributed by atoms with Gasteiger partial charge in [0.05, 0.1) is 24.3 Å². The summed E-state index contributed by atoms with van der Waals surface area (Å²) in [5, 5.41) is 3.74. The zero-order chi connectivity index (χ0) is 18.1. The predicted molar refractivity (Wildman–Crippen MR) is 84.8 cm³/mol. The van der Waals surface area contributed by atoms with E-state index in [0.29, 0.717) is 13.1 Å². The Bertz CT molecular complexity index is 809. The second-order valence-corrected chi connectivity index (χ2v) is 5.97. The second-order valence-electron chi connectivity index (χ2n) is 5.97. The summed E-state index contributed by atoms with van der Waals surface area (Å²) >= 11 is 0. The molecule has 2 N–H and O–H groups in total. The maximum absolute atomic E-state index is 14.3. The molecule has 1 aromatic carbocycles. The molecule has 0 spiro atoms. The van der Waals surface area contributed by atoms with Gasteiger partial charge in [-0.1, -0.05) is 5.16 Å². The summed E-state index contributed by atoms with van der Waals surface area (Å²) in [4.78, 5) is 17.4. The van der Waals surface area contributed by atoms with Gasteiger partial charge < -0.3 is 19.9 Å². The fraction of sp³-hybridized carbons (Fsp3) is 0.438. The Morgan fingerprint density at radius 2 is 2.24 bits per heavy atom. The minimum absolute atomic E-state index is 0.0333. The van der Waals surface area contributed by atoms with E-state index in [9.17, 15) is 13.6 Å². The molecule has 1 atom stereocenters. The SMILES string of the molecule is COC(=O)N1CCC[C@H](c2nc(-c3cc(F)c(C)c(N)c3F)no2)C1. The van der Waals surface area contributed by atoms with E-state index in [-0.39, 0.29) is 34.4 Å². The Kier molecular flexibility index (Phi) is 4.56. The Morgan fingerprint density at radius 1 is 1.48 bits per heavy atom. The number of aromatic nitrogens is 2. The summed E-state index contributed by atoms with van der Waals surface area (Å²) in [6.07, 6.45) is 1.06. The lowest BCUT2D eigenvalue weighted by Crippen LogP contribution is -2.39. The van der Waals surface area contributed by atoms with Crippen molar-refractivity contribution in [3.05, 3.63) is 29.2 Å². The molecule has 25 heavy (non-hydrogen) atoms. The average molecular weight is 352 g/mol. The molecule has 1 fully saturated rings. The number of amides is 1. The first-order chi connectivity index (χ1) is 11.9. The topological polar surface area (TPSA) is 94.5 Å². The lowest BCUT2D eigenvalue weighted by Gasteiger charge is -2.29. The van der Waals surface area contributed by atoms with Gasteiger partial charge in [-0.05, 0) is 25.8 Å². The van der Waals surface area contributed by atoms with E-state index in [2.05, 4.69) is 10.1 Å². The predicted octanol–water partition coefficient (Wildman–Crippen LogP) is 2.85. The van der Waals surface area contributed by atoms with Crippen LogP contribution >= 0.6 is 0 Å². The molecule has 0 aliphatic carbocycles. The first-order valence-electron chi connectivity index (χ1n) is 7.83. The van der Waals surface area contributed by atoms with Gasteiger partial charge in [0, 0.05) is 18.7 Å². The van der Waals surface area contributed by atoms with Crippen LogP contribution in [0.1, 0.15) is 30.2 Å². The van der Waals surface area contributed by atoms with E-state index in [4.69, 9.17) is 15.0 Å². The maximum Gasteiger partial charge on any atom is 0.409 e. The lowest BCUT2D eigenvalue weighted by atomic mass is 9.98. The third kappa shape index (κ3) is 3.13. The van der Waals surface area contributed by atoms with Gasteiger partial charge in [-0.2, -0.15) is 4.98 Å².